The van der Waals surface area contributed by atoms with Gasteiger partial charge in [0.1, 0.15) is 0 Å². The number of hydrogen-bond donors (Lipinski definition) is 1. The topological polar surface area (TPSA) is 40.5 Å². The van der Waals surface area contributed by atoms with Gasteiger partial charge in [0.2, 0.25) is 0 Å². The van der Waals surface area contributed by atoms with E-state index in [4.69, 9.17) is 6.42 Å². The van der Waals surface area contributed by atoms with Crippen molar-refractivity contribution in [3.05, 3.63) is 47.5 Å². The van der Waals surface area contributed by atoms with Crippen LogP contribution in [0.25, 0.3) is 0 Å². The lowest BCUT2D eigenvalue weighted by atomic mass is 10.1. The number of benzene rings is 1. The molecule has 124 valence electrons. The number of halogens is 3. The van der Waals surface area contributed by atoms with Crippen molar-refractivity contribution in [3.8, 4) is 12.3 Å². The zero-order valence-corrected chi connectivity index (χ0v) is 12.9. The summed E-state index contributed by atoms with van der Waals surface area (Å²) < 4.78 is 37.7. The molecule has 0 heterocycles. The van der Waals surface area contributed by atoms with Crippen LogP contribution in [0.3, 0.4) is 0 Å². The number of rotatable bonds is 5. The summed E-state index contributed by atoms with van der Waals surface area (Å²) in [6.45, 7) is 2.32. The quantitative estimate of drug-likeness (QED) is 0.668. The molecule has 0 aliphatic rings. The molecule has 0 aliphatic heterocycles. The molecule has 0 aliphatic carbocycles. The Labute approximate surface area is 133 Å². The van der Waals surface area contributed by atoms with E-state index >= 15 is 0 Å². The van der Waals surface area contributed by atoms with Gasteiger partial charge in [0, 0.05) is 12.1 Å². The van der Waals surface area contributed by atoms with Crippen molar-refractivity contribution in [3.63, 3.8) is 0 Å². The molecule has 0 saturated heterocycles. The minimum atomic E-state index is -4.79. The Balaban J connectivity index is 2.86. The van der Waals surface area contributed by atoms with Gasteiger partial charge in [0.25, 0.3) is 5.91 Å². The summed E-state index contributed by atoms with van der Waals surface area (Å²) in [7, 11) is 0. The van der Waals surface area contributed by atoms with Crippen molar-refractivity contribution < 1.29 is 23.1 Å². The highest BCUT2D eigenvalue weighted by Gasteiger charge is 2.47. The largest absolute Gasteiger partial charge is 0.420 e. The number of aryl methyl sites for hydroxylation is 1. The summed E-state index contributed by atoms with van der Waals surface area (Å²) in [4.78, 5) is 13.5. The van der Waals surface area contributed by atoms with Crippen LogP contribution in [0.5, 0.6) is 0 Å². The molecule has 1 aromatic carbocycles. The second kappa shape index (κ2) is 7.34. The van der Waals surface area contributed by atoms with Crippen LogP contribution >= 0.6 is 0 Å². The van der Waals surface area contributed by atoms with Gasteiger partial charge in [-0.1, -0.05) is 29.7 Å². The number of nitrogens with zero attached hydrogens (tertiary/aromatic N) is 1. The SMILES string of the molecule is C#CCN(C/C=C/C(C)(O)C(F)(F)F)C(=O)c1ccc(C)cc1. The summed E-state index contributed by atoms with van der Waals surface area (Å²) >= 11 is 0. The average molecular weight is 325 g/mol. The molecule has 23 heavy (non-hydrogen) atoms. The summed E-state index contributed by atoms with van der Waals surface area (Å²) in [6.07, 6.45) is 2.10. The molecule has 0 aromatic heterocycles. The lowest BCUT2D eigenvalue weighted by Crippen LogP contribution is -2.40. The molecule has 1 unspecified atom stereocenters. The first kappa shape index (κ1) is 18.8. The second-order valence-electron chi connectivity index (χ2n) is 5.30. The highest BCUT2D eigenvalue weighted by atomic mass is 19.4. The molecular formula is C17H18F3NO2. The van der Waals surface area contributed by atoms with Gasteiger partial charge in [0.15, 0.2) is 5.60 Å². The van der Waals surface area contributed by atoms with Gasteiger partial charge in [-0.05, 0) is 32.1 Å². The summed E-state index contributed by atoms with van der Waals surface area (Å²) in [5, 5.41) is 9.32. The molecule has 1 amide bonds. The van der Waals surface area contributed by atoms with Crippen LogP contribution in [0.2, 0.25) is 0 Å². The number of carbonyl (C=O) groups excluding carboxylic acids is 1. The Hall–Kier alpha value is -2.26. The van der Waals surface area contributed by atoms with E-state index < -0.39 is 11.8 Å². The smallest absolute Gasteiger partial charge is 0.377 e. The van der Waals surface area contributed by atoms with Crippen LogP contribution in [0.15, 0.2) is 36.4 Å². The summed E-state index contributed by atoms with van der Waals surface area (Å²) in [6, 6.07) is 6.75. The third-order valence-electron chi connectivity index (χ3n) is 3.21. The highest BCUT2D eigenvalue weighted by Crippen LogP contribution is 2.30. The summed E-state index contributed by atoms with van der Waals surface area (Å²) in [5.74, 6) is 1.90. The Bertz CT molecular complexity index is 610. The number of terminal acetylenes is 1. The number of alkyl halides is 3. The molecule has 1 atom stereocenters. The molecule has 0 radical (unpaired) electrons. The average Bonchev–Trinajstić information content (AvgIpc) is 2.45. The van der Waals surface area contributed by atoms with Crippen LogP contribution in [-0.2, 0) is 0 Å². The first-order valence-corrected chi connectivity index (χ1v) is 6.84. The van der Waals surface area contributed by atoms with Gasteiger partial charge in [-0.25, -0.2) is 0 Å². The standard InChI is InChI=1S/C17H18F3NO2/c1-4-11-21(12-5-10-16(3,23)17(18,19)20)15(22)14-8-6-13(2)7-9-14/h1,5-10,23H,11-12H2,2-3H3/b10-5+. The van der Waals surface area contributed by atoms with Crippen molar-refractivity contribution >= 4 is 5.91 Å². The fourth-order valence-electron chi connectivity index (χ4n) is 1.71. The molecule has 0 saturated carbocycles. The van der Waals surface area contributed by atoms with E-state index in [0.717, 1.165) is 11.6 Å². The minimum Gasteiger partial charge on any atom is -0.377 e. The molecule has 0 bridgehead atoms. The molecule has 3 nitrogen and oxygen atoms in total. The van der Waals surface area contributed by atoms with Crippen molar-refractivity contribution in [2.75, 3.05) is 13.1 Å². The van der Waals surface area contributed by atoms with Gasteiger partial charge in [-0.15, -0.1) is 6.42 Å². The predicted molar refractivity (Wildman–Crippen MR) is 81.7 cm³/mol. The van der Waals surface area contributed by atoms with E-state index in [2.05, 4.69) is 5.92 Å². The Morgan fingerprint density at radius 3 is 2.39 bits per heavy atom. The summed E-state index contributed by atoms with van der Waals surface area (Å²) in [5.41, 5.74) is -1.59. The zero-order chi connectivity index (χ0) is 17.7. The highest BCUT2D eigenvalue weighted by molar-refractivity contribution is 5.94. The van der Waals surface area contributed by atoms with Gasteiger partial charge in [-0.2, -0.15) is 13.2 Å². The molecule has 0 fully saturated rings. The normalized spacial score (nSPS) is 14.3. The second-order valence-corrected chi connectivity index (χ2v) is 5.30. The van der Waals surface area contributed by atoms with Crippen LogP contribution in [0.4, 0.5) is 13.2 Å². The van der Waals surface area contributed by atoms with Crippen molar-refractivity contribution in [2.45, 2.75) is 25.6 Å². The van der Waals surface area contributed by atoms with Crippen LogP contribution in [0.1, 0.15) is 22.8 Å². The Morgan fingerprint density at radius 1 is 1.35 bits per heavy atom. The van der Waals surface area contributed by atoms with E-state index in [9.17, 15) is 23.1 Å². The van der Waals surface area contributed by atoms with Gasteiger partial charge in [-0.3, -0.25) is 4.79 Å². The maximum Gasteiger partial charge on any atom is 0.420 e. The van der Waals surface area contributed by atoms with Crippen LogP contribution in [-0.4, -0.2) is 40.8 Å². The number of hydrogen-bond acceptors (Lipinski definition) is 2. The molecular weight excluding hydrogens is 307 g/mol. The van der Waals surface area contributed by atoms with E-state index in [1.807, 2.05) is 6.92 Å². The molecule has 0 spiro atoms. The van der Waals surface area contributed by atoms with Crippen molar-refractivity contribution in [2.24, 2.45) is 0 Å². The molecule has 1 rings (SSSR count). The monoisotopic (exact) mass is 325 g/mol. The van der Waals surface area contributed by atoms with Crippen LogP contribution < -0.4 is 0 Å². The van der Waals surface area contributed by atoms with Gasteiger partial charge < -0.3 is 10.0 Å². The molecule has 1 aromatic rings. The third-order valence-corrected chi connectivity index (χ3v) is 3.21. The number of aliphatic hydroxyl groups is 1. The van der Waals surface area contributed by atoms with Crippen molar-refractivity contribution in [1.29, 1.82) is 0 Å². The maximum absolute atomic E-state index is 12.6. The first-order valence-electron chi connectivity index (χ1n) is 6.84. The third kappa shape index (κ3) is 5.15. The molecule has 6 heteroatoms. The van der Waals surface area contributed by atoms with E-state index in [0.29, 0.717) is 18.6 Å². The van der Waals surface area contributed by atoms with Gasteiger partial charge >= 0.3 is 6.18 Å². The van der Waals surface area contributed by atoms with Gasteiger partial charge in [0.05, 0.1) is 6.54 Å². The number of amides is 1. The lowest BCUT2D eigenvalue weighted by Gasteiger charge is -2.23. The zero-order valence-electron chi connectivity index (χ0n) is 12.9. The van der Waals surface area contributed by atoms with E-state index in [1.165, 1.54) is 4.90 Å². The molecule has 1 N–H and O–H groups in total. The maximum atomic E-state index is 12.6. The fourth-order valence-corrected chi connectivity index (χ4v) is 1.71. The Kier molecular flexibility index (Phi) is 5.99. The van der Waals surface area contributed by atoms with Crippen LogP contribution in [0, 0.1) is 19.3 Å². The predicted octanol–water partition coefficient (Wildman–Crippen LogP) is 2.94. The minimum absolute atomic E-state index is 0.0504. The van der Waals surface area contributed by atoms with E-state index in [1.54, 1.807) is 24.3 Å². The van der Waals surface area contributed by atoms with E-state index in [-0.39, 0.29) is 19.0 Å². The first-order chi connectivity index (χ1) is 10.6. The lowest BCUT2D eigenvalue weighted by molar-refractivity contribution is -0.232. The fraction of sp³-hybridized carbons (Fsp3) is 0.353. The number of carbonyl (C=O) groups is 1. The Morgan fingerprint density at radius 2 is 1.91 bits per heavy atom. The van der Waals surface area contributed by atoms with Crippen molar-refractivity contribution in [1.82, 2.24) is 4.90 Å².